The molecule has 90 valence electrons. The minimum absolute atomic E-state index is 0.188. The topological polar surface area (TPSA) is 41.5 Å². The van der Waals surface area contributed by atoms with Gasteiger partial charge in [0.2, 0.25) is 0 Å². The van der Waals surface area contributed by atoms with Crippen LogP contribution in [0.15, 0.2) is 18.2 Å². The molecule has 4 heteroatoms. The summed E-state index contributed by atoms with van der Waals surface area (Å²) in [6.45, 7) is 2.86. The van der Waals surface area contributed by atoms with Crippen LogP contribution in [-0.2, 0) is 6.54 Å². The van der Waals surface area contributed by atoms with Crippen LogP contribution in [0.5, 0.6) is 5.75 Å². The van der Waals surface area contributed by atoms with Gasteiger partial charge < -0.3 is 15.2 Å². The molecule has 0 radical (unpaired) electrons. The van der Waals surface area contributed by atoms with Crippen molar-refractivity contribution in [3.8, 4) is 5.75 Å². The molecule has 1 unspecified atom stereocenters. The second-order valence-electron chi connectivity index (χ2n) is 3.71. The highest BCUT2D eigenvalue weighted by atomic mass is 35.5. The minimum Gasteiger partial charge on any atom is -0.496 e. The van der Waals surface area contributed by atoms with Gasteiger partial charge in [0.25, 0.3) is 0 Å². The van der Waals surface area contributed by atoms with Gasteiger partial charge in [-0.15, -0.1) is 0 Å². The lowest BCUT2D eigenvalue weighted by Gasteiger charge is -2.15. The fourth-order valence-corrected chi connectivity index (χ4v) is 1.71. The van der Waals surface area contributed by atoms with Crippen molar-refractivity contribution in [2.75, 3.05) is 13.7 Å². The standard InChI is InChI=1S/C12H18ClNO2/c1-9(6-7-15)14-8-10-11(13)4-3-5-12(10)16-2/h3-5,9,14-15H,6-8H2,1-2H3. The Morgan fingerprint density at radius 3 is 2.88 bits per heavy atom. The molecule has 1 aromatic rings. The van der Waals surface area contributed by atoms with E-state index in [9.17, 15) is 0 Å². The first-order valence-electron chi connectivity index (χ1n) is 5.34. The Labute approximate surface area is 101 Å². The first kappa shape index (κ1) is 13.3. The van der Waals surface area contributed by atoms with Crippen molar-refractivity contribution < 1.29 is 9.84 Å². The zero-order valence-electron chi connectivity index (χ0n) is 9.66. The van der Waals surface area contributed by atoms with Crippen LogP contribution in [0.25, 0.3) is 0 Å². The third-order valence-electron chi connectivity index (χ3n) is 2.49. The highest BCUT2D eigenvalue weighted by molar-refractivity contribution is 6.31. The van der Waals surface area contributed by atoms with E-state index >= 15 is 0 Å². The molecular formula is C12H18ClNO2. The number of hydrogen-bond donors (Lipinski definition) is 2. The third-order valence-corrected chi connectivity index (χ3v) is 2.84. The van der Waals surface area contributed by atoms with Gasteiger partial charge in [0.15, 0.2) is 0 Å². The summed E-state index contributed by atoms with van der Waals surface area (Å²) in [7, 11) is 1.63. The summed E-state index contributed by atoms with van der Waals surface area (Å²) in [6, 6.07) is 5.85. The van der Waals surface area contributed by atoms with Crippen LogP contribution in [0.1, 0.15) is 18.9 Å². The SMILES string of the molecule is COc1cccc(Cl)c1CNC(C)CCO. The molecule has 0 spiro atoms. The number of halogens is 1. The molecule has 0 aromatic heterocycles. The molecule has 1 atom stereocenters. The molecule has 0 aliphatic carbocycles. The first-order valence-corrected chi connectivity index (χ1v) is 5.72. The molecule has 0 saturated carbocycles. The zero-order chi connectivity index (χ0) is 12.0. The summed E-state index contributed by atoms with van der Waals surface area (Å²) >= 11 is 6.10. The van der Waals surface area contributed by atoms with Gasteiger partial charge in [0.05, 0.1) is 7.11 Å². The van der Waals surface area contributed by atoms with Crippen LogP contribution in [-0.4, -0.2) is 24.9 Å². The number of hydrogen-bond acceptors (Lipinski definition) is 3. The third kappa shape index (κ3) is 3.67. The molecule has 1 rings (SSSR count). The van der Waals surface area contributed by atoms with Crippen molar-refractivity contribution >= 4 is 11.6 Å². The van der Waals surface area contributed by atoms with Crippen LogP contribution in [0.4, 0.5) is 0 Å². The van der Waals surface area contributed by atoms with Crippen molar-refractivity contribution in [3.63, 3.8) is 0 Å². The van der Waals surface area contributed by atoms with Crippen molar-refractivity contribution in [1.82, 2.24) is 5.32 Å². The number of aliphatic hydroxyl groups is 1. The van der Waals surface area contributed by atoms with E-state index in [0.29, 0.717) is 11.6 Å². The lowest BCUT2D eigenvalue weighted by atomic mass is 10.1. The Hall–Kier alpha value is -0.770. The second kappa shape index (κ2) is 6.74. The molecule has 1 aromatic carbocycles. The lowest BCUT2D eigenvalue weighted by Crippen LogP contribution is -2.26. The summed E-state index contributed by atoms with van der Waals surface area (Å²) in [4.78, 5) is 0. The summed E-state index contributed by atoms with van der Waals surface area (Å²) in [5.74, 6) is 0.788. The number of ether oxygens (including phenoxy) is 1. The monoisotopic (exact) mass is 243 g/mol. The quantitative estimate of drug-likeness (QED) is 0.805. The summed E-state index contributed by atoms with van der Waals surface area (Å²) in [5.41, 5.74) is 0.955. The molecule has 0 aliphatic rings. The lowest BCUT2D eigenvalue weighted by molar-refractivity contribution is 0.268. The maximum absolute atomic E-state index is 8.80. The fourth-order valence-electron chi connectivity index (χ4n) is 1.47. The van der Waals surface area contributed by atoms with E-state index in [1.807, 2.05) is 25.1 Å². The Balaban J connectivity index is 2.65. The molecule has 0 aliphatic heterocycles. The van der Waals surface area contributed by atoms with Crippen LogP contribution in [0.2, 0.25) is 5.02 Å². The summed E-state index contributed by atoms with van der Waals surface area (Å²) in [6.07, 6.45) is 0.729. The minimum atomic E-state index is 0.188. The van der Waals surface area contributed by atoms with Gasteiger partial charge in [0.1, 0.15) is 5.75 Å². The van der Waals surface area contributed by atoms with Crippen molar-refractivity contribution in [2.45, 2.75) is 25.9 Å². The number of aliphatic hydroxyl groups excluding tert-OH is 1. The Morgan fingerprint density at radius 1 is 1.50 bits per heavy atom. The molecule has 0 saturated heterocycles. The van der Waals surface area contributed by atoms with E-state index in [1.165, 1.54) is 0 Å². The molecule has 3 nitrogen and oxygen atoms in total. The van der Waals surface area contributed by atoms with Crippen LogP contribution < -0.4 is 10.1 Å². The predicted molar refractivity (Wildman–Crippen MR) is 66.0 cm³/mol. The molecule has 16 heavy (non-hydrogen) atoms. The van der Waals surface area contributed by atoms with Gasteiger partial charge in [-0.05, 0) is 25.5 Å². The van der Waals surface area contributed by atoms with Gasteiger partial charge in [-0.1, -0.05) is 17.7 Å². The van der Waals surface area contributed by atoms with Gasteiger partial charge in [-0.2, -0.15) is 0 Å². The van der Waals surface area contributed by atoms with E-state index in [0.717, 1.165) is 17.7 Å². The summed E-state index contributed by atoms with van der Waals surface area (Å²) in [5, 5.41) is 12.8. The molecule has 0 amide bonds. The highest BCUT2D eigenvalue weighted by Crippen LogP contribution is 2.25. The highest BCUT2D eigenvalue weighted by Gasteiger charge is 2.08. The van der Waals surface area contributed by atoms with E-state index in [2.05, 4.69) is 5.32 Å². The number of rotatable bonds is 6. The van der Waals surface area contributed by atoms with Crippen molar-refractivity contribution in [2.24, 2.45) is 0 Å². The molecule has 0 bridgehead atoms. The Bertz CT molecular complexity index is 331. The first-order chi connectivity index (χ1) is 7.69. The maximum Gasteiger partial charge on any atom is 0.124 e. The van der Waals surface area contributed by atoms with Gasteiger partial charge >= 0.3 is 0 Å². The van der Waals surface area contributed by atoms with E-state index < -0.39 is 0 Å². The van der Waals surface area contributed by atoms with Gasteiger partial charge in [-0.25, -0.2) is 0 Å². The van der Waals surface area contributed by atoms with Crippen LogP contribution in [0.3, 0.4) is 0 Å². The smallest absolute Gasteiger partial charge is 0.124 e. The van der Waals surface area contributed by atoms with E-state index in [4.69, 9.17) is 21.4 Å². The molecule has 2 N–H and O–H groups in total. The van der Waals surface area contributed by atoms with Gasteiger partial charge in [-0.3, -0.25) is 0 Å². The van der Waals surface area contributed by atoms with Crippen LogP contribution in [0, 0.1) is 0 Å². The summed E-state index contributed by atoms with van der Waals surface area (Å²) < 4.78 is 5.24. The average Bonchev–Trinajstić information content (AvgIpc) is 2.27. The zero-order valence-corrected chi connectivity index (χ0v) is 10.4. The van der Waals surface area contributed by atoms with Crippen LogP contribution >= 0.6 is 11.6 Å². The fraction of sp³-hybridized carbons (Fsp3) is 0.500. The van der Waals surface area contributed by atoms with Gasteiger partial charge in [0, 0.05) is 29.8 Å². The Kier molecular flexibility index (Phi) is 5.60. The predicted octanol–water partition coefficient (Wildman–Crippen LogP) is 2.21. The largest absolute Gasteiger partial charge is 0.496 e. The molecule has 0 fully saturated rings. The number of benzene rings is 1. The van der Waals surface area contributed by atoms with E-state index in [-0.39, 0.29) is 12.6 Å². The second-order valence-corrected chi connectivity index (χ2v) is 4.12. The maximum atomic E-state index is 8.80. The molecule has 0 heterocycles. The Morgan fingerprint density at radius 2 is 2.25 bits per heavy atom. The van der Waals surface area contributed by atoms with Crippen molar-refractivity contribution in [3.05, 3.63) is 28.8 Å². The molecular weight excluding hydrogens is 226 g/mol. The number of methoxy groups -OCH3 is 1. The van der Waals surface area contributed by atoms with Crippen molar-refractivity contribution in [1.29, 1.82) is 0 Å². The van der Waals surface area contributed by atoms with E-state index in [1.54, 1.807) is 7.11 Å². The average molecular weight is 244 g/mol. The normalized spacial score (nSPS) is 12.5. The number of nitrogens with one attached hydrogen (secondary N) is 1.